The van der Waals surface area contributed by atoms with E-state index >= 15 is 0 Å². The van der Waals surface area contributed by atoms with Gasteiger partial charge in [0.25, 0.3) is 11.8 Å². The summed E-state index contributed by atoms with van der Waals surface area (Å²) in [7, 11) is 0. The lowest BCUT2D eigenvalue weighted by Gasteiger charge is -2.28. The van der Waals surface area contributed by atoms with E-state index < -0.39 is 66.8 Å². The molecule has 202 valence electrons. The van der Waals surface area contributed by atoms with Gasteiger partial charge in [0.2, 0.25) is 17.7 Å². The molecule has 0 aliphatic carbocycles. The summed E-state index contributed by atoms with van der Waals surface area (Å²) < 4.78 is 39.0. The standard InChI is InChI=1S/C23H27ClF2N4O7/c1-4-36-22-18(17(32)9-37-22)29-20(34)16-8-23(25,26)10-30(16)21(35)11(2)27-19(33)13-5-6-15(14(24)7-13)28-12(3)31/h5-7,11,16,18,22H,4,8-10H2,1-3H3,(H,27,33)(H,28,31)(H,29,34). The van der Waals surface area contributed by atoms with Gasteiger partial charge in [0.05, 0.1) is 17.3 Å². The first-order valence-corrected chi connectivity index (χ1v) is 11.8. The van der Waals surface area contributed by atoms with Crippen molar-refractivity contribution in [3.8, 4) is 0 Å². The number of Topliss-reactive ketones (excluding diaryl/α,β-unsaturated/α-hetero) is 1. The Kier molecular flexibility index (Phi) is 8.82. The summed E-state index contributed by atoms with van der Waals surface area (Å²) >= 11 is 6.08. The third-order valence-electron chi connectivity index (χ3n) is 5.75. The zero-order valence-electron chi connectivity index (χ0n) is 20.3. The van der Waals surface area contributed by atoms with Crippen LogP contribution in [0.5, 0.6) is 0 Å². The Labute approximate surface area is 216 Å². The first-order valence-electron chi connectivity index (χ1n) is 11.5. The number of rotatable bonds is 8. The minimum absolute atomic E-state index is 0.0570. The monoisotopic (exact) mass is 544 g/mol. The number of ether oxygens (including phenoxy) is 2. The van der Waals surface area contributed by atoms with Gasteiger partial charge >= 0.3 is 0 Å². The molecular weight excluding hydrogens is 518 g/mol. The van der Waals surface area contributed by atoms with Crippen LogP contribution in [0.3, 0.4) is 0 Å². The predicted molar refractivity (Wildman–Crippen MR) is 126 cm³/mol. The van der Waals surface area contributed by atoms with Gasteiger partial charge in [-0.15, -0.1) is 0 Å². The number of hydrogen-bond donors (Lipinski definition) is 3. The molecule has 1 aromatic carbocycles. The highest BCUT2D eigenvalue weighted by Crippen LogP contribution is 2.33. The van der Waals surface area contributed by atoms with Crippen LogP contribution in [0.1, 0.15) is 37.6 Å². The van der Waals surface area contributed by atoms with Crippen molar-refractivity contribution in [2.45, 2.75) is 57.5 Å². The van der Waals surface area contributed by atoms with Crippen LogP contribution >= 0.6 is 11.6 Å². The average molecular weight is 545 g/mol. The second kappa shape index (κ2) is 11.5. The van der Waals surface area contributed by atoms with E-state index in [1.165, 1.54) is 32.0 Å². The topological polar surface area (TPSA) is 143 Å². The Morgan fingerprint density at radius 3 is 2.62 bits per heavy atom. The number of nitrogens with zero attached hydrogens (tertiary/aromatic N) is 1. The summed E-state index contributed by atoms with van der Waals surface area (Å²) in [5.41, 5.74) is 0.335. The predicted octanol–water partition coefficient (Wildman–Crippen LogP) is 1.10. The van der Waals surface area contributed by atoms with Crippen LogP contribution in [0.2, 0.25) is 5.02 Å². The first kappa shape index (κ1) is 28.4. The van der Waals surface area contributed by atoms with E-state index in [0.717, 1.165) is 0 Å². The highest BCUT2D eigenvalue weighted by atomic mass is 35.5. The third kappa shape index (κ3) is 6.79. The Morgan fingerprint density at radius 2 is 2.00 bits per heavy atom. The molecule has 3 N–H and O–H groups in total. The zero-order valence-corrected chi connectivity index (χ0v) is 21.1. The molecule has 2 aliphatic heterocycles. The number of ketones is 1. The maximum absolute atomic E-state index is 14.3. The SMILES string of the molecule is CCOC1OCC(=O)C1NC(=O)C1CC(F)(F)CN1C(=O)C(C)NC(=O)c1ccc(NC(C)=O)c(Cl)c1. The summed E-state index contributed by atoms with van der Waals surface area (Å²) in [5.74, 6) is -6.81. The average Bonchev–Trinajstić information content (AvgIpc) is 3.33. The molecule has 2 saturated heterocycles. The molecule has 2 heterocycles. The molecule has 2 aliphatic rings. The van der Waals surface area contributed by atoms with Crippen molar-refractivity contribution in [1.82, 2.24) is 15.5 Å². The number of carbonyl (C=O) groups is 5. The van der Waals surface area contributed by atoms with E-state index in [4.69, 9.17) is 21.1 Å². The van der Waals surface area contributed by atoms with Gasteiger partial charge in [-0.3, -0.25) is 24.0 Å². The van der Waals surface area contributed by atoms with Crippen LogP contribution in [0.15, 0.2) is 18.2 Å². The summed E-state index contributed by atoms with van der Waals surface area (Å²) in [6.45, 7) is 3.08. The highest BCUT2D eigenvalue weighted by Gasteiger charge is 2.52. The fourth-order valence-corrected chi connectivity index (χ4v) is 4.26. The van der Waals surface area contributed by atoms with Crippen molar-refractivity contribution in [2.75, 3.05) is 25.1 Å². The second-order valence-electron chi connectivity index (χ2n) is 8.70. The second-order valence-corrected chi connectivity index (χ2v) is 9.11. The van der Waals surface area contributed by atoms with Gasteiger partial charge in [-0.2, -0.15) is 0 Å². The molecule has 37 heavy (non-hydrogen) atoms. The zero-order chi connectivity index (χ0) is 27.5. The van der Waals surface area contributed by atoms with Crippen LogP contribution in [-0.4, -0.2) is 84.4 Å². The number of carbonyl (C=O) groups excluding carboxylic acids is 5. The van der Waals surface area contributed by atoms with Crippen LogP contribution in [-0.2, 0) is 28.7 Å². The minimum atomic E-state index is -3.36. The number of anilines is 1. The number of nitrogens with one attached hydrogen (secondary N) is 3. The Hall–Kier alpha value is -3.16. The van der Waals surface area contributed by atoms with Gasteiger partial charge in [-0.25, -0.2) is 8.78 Å². The number of benzene rings is 1. The molecule has 0 aromatic heterocycles. The largest absolute Gasteiger partial charge is 0.350 e. The summed E-state index contributed by atoms with van der Waals surface area (Å²) in [6, 6.07) is -0.0205. The fourth-order valence-electron chi connectivity index (χ4n) is 4.03. The van der Waals surface area contributed by atoms with Crippen molar-refractivity contribution >= 4 is 46.7 Å². The normalized spacial score (nSPS) is 23.5. The van der Waals surface area contributed by atoms with E-state index in [1.54, 1.807) is 6.92 Å². The summed E-state index contributed by atoms with van der Waals surface area (Å²) in [4.78, 5) is 62.5. The lowest BCUT2D eigenvalue weighted by Crippen LogP contribution is -2.55. The molecule has 4 atom stereocenters. The first-order chi connectivity index (χ1) is 17.3. The molecule has 2 fully saturated rings. The molecule has 3 rings (SSSR count). The molecule has 11 nitrogen and oxygen atoms in total. The van der Waals surface area contributed by atoms with Gasteiger partial charge < -0.3 is 30.3 Å². The highest BCUT2D eigenvalue weighted by molar-refractivity contribution is 6.34. The maximum atomic E-state index is 14.3. The van der Waals surface area contributed by atoms with Crippen LogP contribution in [0.25, 0.3) is 0 Å². The number of alkyl halides is 2. The molecule has 0 spiro atoms. The Bertz CT molecular complexity index is 1100. The number of likely N-dealkylation sites (tertiary alicyclic amines) is 1. The van der Waals surface area contributed by atoms with Crippen LogP contribution < -0.4 is 16.0 Å². The van der Waals surface area contributed by atoms with E-state index in [0.29, 0.717) is 4.90 Å². The van der Waals surface area contributed by atoms with Crippen molar-refractivity contribution in [2.24, 2.45) is 0 Å². The van der Waals surface area contributed by atoms with Crippen LogP contribution in [0, 0.1) is 0 Å². The van der Waals surface area contributed by atoms with Crippen molar-refractivity contribution in [1.29, 1.82) is 0 Å². The fraction of sp³-hybridized carbons (Fsp3) is 0.522. The van der Waals surface area contributed by atoms with Gasteiger partial charge in [0.15, 0.2) is 12.1 Å². The van der Waals surface area contributed by atoms with Crippen molar-refractivity contribution in [3.05, 3.63) is 28.8 Å². The Balaban J connectivity index is 1.69. The molecule has 4 unspecified atom stereocenters. The number of halogens is 3. The molecule has 0 saturated carbocycles. The number of hydrogen-bond acceptors (Lipinski definition) is 7. The molecule has 1 aromatic rings. The summed E-state index contributed by atoms with van der Waals surface area (Å²) in [5, 5.41) is 7.33. The van der Waals surface area contributed by atoms with Crippen molar-refractivity contribution < 1.29 is 42.2 Å². The molecule has 14 heteroatoms. The van der Waals surface area contributed by atoms with Crippen LogP contribution in [0.4, 0.5) is 14.5 Å². The molecule has 0 radical (unpaired) electrons. The van der Waals surface area contributed by atoms with E-state index in [9.17, 15) is 32.8 Å². The van der Waals surface area contributed by atoms with E-state index in [1.807, 2.05) is 0 Å². The van der Waals surface area contributed by atoms with Gasteiger partial charge in [-0.05, 0) is 32.0 Å². The lowest BCUT2D eigenvalue weighted by molar-refractivity contribution is -0.143. The molecular formula is C23H27ClF2N4O7. The smallest absolute Gasteiger partial charge is 0.267 e. The lowest BCUT2D eigenvalue weighted by atomic mass is 10.1. The Morgan fingerprint density at radius 1 is 1.30 bits per heavy atom. The third-order valence-corrected chi connectivity index (χ3v) is 6.07. The number of amides is 4. The molecule has 0 bridgehead atoms. The van der Waals surface area contributed by atoms with Gasteiger partial charge in [0.1, 0.15) is 24.7 Å². The van der Waals surface area contributed by atoms with E-state index in [-0.39, 0.29) is 35.4 Å². The minimum Gasteiger partial charge on any atom is -0.350 e. The quantitative estimate of drug-likeness (QED) is 0.444. The van der Waals surface area contributed by atoms with Crippen molar-refractivity contribution in [3.63, 3.8) is 0 Å². The van der Waals surface area contributed by atoms with Gasteiger partial charge in [-0.1, -0.05) is 11.6 Å². The summed E-state index contributed by atoms with van der Waals surface area (Å²) in [6.07, 6.45) is -2.01. The van der Waals surface area contributed by atoms with E-state index in [2.05, 4.69) is 16.0 Å². The maximum Gasteiger partial charge on any atom is 0.267 e. The molecule has 4 amide bonds. The van der Waals surface area contributed by atoms with Gasteiger partial charge in [0, 0.05) is 25.5 Å².